The molecule has 1 heterocycles. The molecule has 1 N–H and O–H groups in total. The standard InChI is InChI=1S/C24H19BrN2O2S/c1-16(29-21-13-9-19(25)10-14-21)23(28)26-20-11-7-17(8-12-20)22-15-30-24(27-22)18-5-3-2-4-6-18/h2-16H,1H3,(H,26,28). The molecule has 4 aromatic rings. The van der Waals surface area contributed by atoms with Gasteiger partial charge in [0.05, 0.1) is 5.69 Å². The maximum Gasteiger partial charge on any atom is 0.265 e. The van der Waals surface area contributed by atoms with Crippen LogP contribution in [0, 0.1) is 0 Å². The van der Waals surface area contributed by atoms with Gasteiger partial charge in [-0.25, -0.2) is 4.98 Å². The zero-order valence-corrected chi connectivity index (χ0v) is 18.6. The van der Waals surface area contributed by atoms with E-state index in [0.29, 0.717) is 11.4 Å². The number of ether oxygens (including phenoxy) is 1. The second-order valence-corrected chi connectivity index (χ2v) is 8.46. The highest BCUT2D eigenvalue weighted by molar-refractivity contribution is 9.10. The lowest BCUT2D eigenvalue weighted by atomic mass is 10.1. The summed E-state index contributed by atoms with van der Waals surface area (Å²) in [5.74, 6) is 0.444. The molecule has 4 rings (SSSR count). The van der Waals surface area contributed by atoms with Crippen LogP contribution in [-0.2, 0) is 4.79 Å². The van der Waals surface area contributed by atoms with Gasteiger partial charge in [0.2, 0.25) is 0 Å². The Morgan fingerprint density at radius 3 is 2.37 bits per heavy atom. The number of benzene rings is 3. The lowest BCUT2D eigenvalue weighted by Gasteiger charge is -2.15. The number of nitrogens with one attached hydrogen (secondary N) is 1. The molecule has 1 aromatic heterocycles. The third-order valence-corrected chi connectivity index (χ3v) is 5.89. The average molecular weight is 479 g/mol. The zero-order chi connectivity index (χ0) is 20.9. The van der Waals surface area contributed by atoms with Crippen molar-refractivity contribution in [1.82, 2.24) is 4.98 Å². The number of nitrogens with zero attached hydrogens (tertiary/aromatic N) is 1. The largest absolute Gasteiger partial charge is 0.481 e. The van der Waals surface area contributed by atoms with Crippen LogP contribution >= 0.6 is 27.3 Å². The van der Waals surface area contributed by atoms with Crippen LogP contribution in [0.25, 0.3) is 21.8 Å². The van der Waals surface area contributed by atoms with E-state index in [-0.39, 0.29) is 5.91 Å². The second-order valence-electron chi connectivity index (χ2n) is 6.68. The van der Waals surface area contributed by atoms with E-state index in [4.69, 9.17) is 9.72 Å². The first-order valence-corrected chi connectivity index (χ1v) is 11.1. The van der Waals surface area contributed by atoms with E-state index < -0.39 is 6.10 Å². The summed E-state index contributed by atoms with van der Waals surface area (Å²) >= 11 is 5.00. The van der Waals surface area contributed by atoms with Crippen molar-refractivity contribution in [2.24, 2.45) is 0 Å². The number of hydrogen-bond acceptors (Lipinski definition) is 4. The van der Waals surface area contributed by atoms with E-state index in [1.54, 1.807) is 18.3 Å². The number of anilines is 1. The molecule has 1 atom stereocenters. The van der Waals surface area contributed by atoms with Gasteiger partial charge in [0, 0.05) is 26.7 Å². The molecule has 0 saturated carbocycles. The molecule has 0 aliphatic rings. The van der Waals surface area contributed by atoms with E-state index in [1.165, 1.54) is 0 Å². The highest BCUT2D eigenvalue weighted by Gasteiger charge is 2.15. The SMILES string of the molecule is CC(Oc1ccc(Br)cc1)C(=O)Nc1ccc(-c2csc(-c3ccccc3)n2)cc1. The zero-order valence-electron chi connectivity index (χ0n) is 16.2. The first-order chi connectivity index (χ1) is 14.6. The molecule has 0 fully saturated rings. The predicted molar refractivity (Wildman–Crippen MR) is 126 cm³/mol. The average Bonchev–Trinajstić information content (AvgIpc) is 3.27. The van der Waals surface area contributed by atoms with Gasteiger partial charge >= 0.3 is 0 Å². The van der Waals surface area contributed by atoms with Crippen LogP contribution in [-0.4, -0.2) is 17.0 Å². The Morgan fingerprint density at radius 2 is 1.67 bits per heavy atom. The molecule has 0 saturated heterocycles. The van der Waals surface area contributed by atoms with Crippen LogP contribution in [0.3, 0.4) is 0 Å². The minimum atomic E-state index is -0.613. The summed E-state index contributed by atoms with van der Waals surface area (Å²) in [6.45, 7) is 1.73. The van der Waals surface area contributed by atoms with E-state index >= 15 is 0 Å². The molecule has 3 aromatic carbocycles. The van der Waals surface area contributed by atoms with Crippen LogP contribution in [0.2, 0.25) is 0 Å². The van der Waals surface area contributed by atoms with Gasteiger partial charge in [0.25, 0.3) is 5.91 Å². The quantitative estimate of drug-likeness (QED) is 0.337. The summed E-state index contributed by atoms with van der Waals surface area (Å²) in [6, 6.07) is 25.2. The highest BCUT2D eigenvalue weighted by atomic mass is 79.9. The summed E-state index contributed by atoms with van der Waals surface area (Å²) in [7, 11) is 0. The fourth-order valence-electron chi connectivity index (χ4n) is 2.86. The van der Waals surface area contributed by atoms with Crippen molar-refractivity contribution >= 4 is 38.9 Å². The van der Waals surface area contributed by atoms with Gasteiger partial charge in [-0.2, -0.15) is 0 Å². The molecule has 0 radical (unpaired) electrons. The Bertz CT molecular complexity index is 1130. The van der Waals surface area contributed by atoms with Crippen molar-refractivity contribution in [2.45, 2.75) is 13.0 Å². The van der Waals surface area contributed by atoms with Crippen molar-refractivity contribution in [2.75, 3.05) is 5.32 Å². The van der Waals surface area contributed by atoms with Crippen LogP contribution < -0.4 is 10.1 Å². The van der Waals surface area contributed by atoms with Crippen molar-refractivity contribution in [3.63, 3.8) is 0 Å². The monoisotopic (exact) mass is 478 g/mol. The Balaban J connectivity index is 1.39. The number of amides is 1. The van der Waals surface area contributed by atoms with Crippen molar-refractivity contribution in [3.05, 3.63) is 88.7 Å². The van der Waals surface area contributed by atoms with Gasteiger partial charge in [-0.3, -0.25) is 4.79 Å². The lowest BCUT2D eigenvalue weighted by molar-refractivity contribution is -0.122. The molecule has 0 aliphatic heterocycles. The summed E-state index contributed by atoms with van der Waals surface area (Å²) in [5.41, 5.74) is 3.75. The van der Waals surface area contributed by atoms with Gasteiger partial charge < -0.3 is 10.1 Å². The maximum atomic E-state index is 12.4. The van der Waals surface area contributed by atoms with E-state index in [2.05, 4.69) is 33.4 Å². The van der Waals surface area contributed by atoms with Gasteiger partial charge in [-0.1, -0.05) is 58.4 Å². The molecule has 150 valence electrons. The van der Waals surface area contributed by atoms with Crippen LogP contribution in [0.4, 0.5) is 5.69 Å². The number of halogens is 1. The van der Waals surface area contributed by atoms with Gasteiger partial charge in [0.1, 0.15) is 10.8 Å². The minimum Gasteiger partial charge on any atom is -0.481 e. The molecular weight excluding hydrogens is 460 g/mol. The molecule has 0 bridgehead atoms. The number of thiazole rings is 1. The fourth-order valence-corrected chi connectivity index (χ4v) is 3.96. The number of carbonyl (C=O) groups excluding carboxylic acids is 1. The van der Waals surface area contributed by atoms with E-state index in [1.807, 2.05) is 72.1 Å². The van der Waals surface area contributed by atoms with Crippen LogP contribution in [0.5, 0.6) is 5.75 Å². The molecule has 6 heteroatoms. The third kappa shape index (κ3) is 4.96. The van der Waals surface area contributed by atoms with Crippen molar-refractivity contribution in [1.29, 1.82) is 0 Å². The first-order valence-electron chi connectivity index (χ1n) is 9.43. The van der Waals surface area contributed by atoms with Gasteiger partial charge in [-0.15, -0.1) is 11.3 Å². The van der Waals surface area contributed by atoms with Gasteiger partial charge in [0.15, 0.2) is 6.10 Å². The number of carbonyl (C=O) groups is 1. The highest BCUT2D eigenvalue weighted by Crippen LogP contribution is 2.29. The minimum absolute atomic E-state index is 0.203. The Labute approximate surface area is 187 Å². The van der Waals surface area contributed by atoms with Crippen LogP contribution in [0.1, 0.15) is 6.92 Å². The molecule has 0 aliphatic carbocycles. The lowest BCUT2D eigenvalue weighted by Crippen LogP contribution is -2.30. The molecule has 0 spiro atoms. The first kappa shape index (κ1) is 20.3. The van der Waals surface area contributed by atoms with E-state index in [0.717, 1.165) is 26.3 Å². The van der Waals surface area contributed by atoms with Gasteiger partial charge in [-0.05, 0) is 43.3 Å². The predicted octanol–water partition coefficient (Wildman–Crippen LogP) is 6.65. The third-order valence-electron chi connectivity index (χ3n) is 4.47. The number of rotatable bonds is 6. The maximum absolute atomic E-state index is 12.4. The summed E-state index contributed by atoms with van der Waals surface area (Å²) in [5, 5.41) is 5.93. The smallest absolute Gasteiger partial charge is 0.265 e. The van der Waals surface area contributed by atoms with E-state index in [9.17, 15) is 4.79 Å². The fraction of sp³-hybridized carbons (Fsp3) is 0.0833. The Hall–Kier alpha value is -2.96. The molecule has 1 unspecified atom stereocenters. The Kier molecular flexibility index (Phi) is 6.26. The number of aromatic nitrogens is 1. The van der Waals surface area contributed by atoms with Crippen molar-refractivity contribution < 1.29 is 9.53 Å². The summed E-state index contributed by atoms with van der Waals surface area (Å²) in [6.07, 6.45) is -0.613. The topological polar surface area (TPSA) is 51.2 Å². The molecule has 1 amide bonds. The normalized spacial score (nSPS) is 11.7. The second kappa shape index (κ2) is 9.24. The number of hydrogen-bond donors (Lipinski definition) is 1. The molecule has 4 nitrogen and oxygen atoms in total. The summed E-state index contributed by atoms with van der Waals surface area (Å²) < 4.78 is 6.66. The van der Waals surface area contributed by atoms with Crippen molar-refractivity contribution in [3.8, 4) is 27.6 Å². The molecule has 30 heavy (non-hydrogen) atoms. The summed E-state index contributed by atoms with van der Waals surface area (Å²) in [4.78, 5) is 17.2. The van der Waals surface area contributed by atoms with Crippen LogP contribution in [0.15, 0.2) is 88.7 Å². The Morgan fingerprint density at radius 1 is 0.967 bits per heavy atom. The molecular formula is C24H19BrN2O2S.